The Morgan fingerprint density at radius 3 is 2.35 bits per heavy atom. The van der Waals surface area contributed by atoms with E-state index in [1.54, 1.807) is 23.1 Å². The third kappa shape index (κ3) is 3.89. The summed E-state index contributed by atoms with van der Waals surface area (Å²) in [6.45, 7) is 5.95. The van der Waals surface area contributed by atoms with Gasteiger partial charge >= 0.3 is 0 Å². The van der Waals surface area contributed by atoms with E-state index in [1.807, 2.05) is 26.0 Å². The minimum atomic E-state index is -3.71. The molecule has 138 valence electrons. The van der Waals surface area contributed by atoms with Crippen molar-refractivity contribution in [3.8, 4) is 0 Å². The number of benzene rings is 2. The summed E-state index contributed by atoms with van der Waals surface area (Å²) in [5, 5.41) is 0. The van der Waals surface area contributed by atoms with Crippen LogP contribution in [-0.4, -0.2) is 45.5 Å². The Morgan fingerprint density at radius 1 is 1.04 bits per heavy atom. The first-order valence-corrected chi connectivity index (χ1v) is 9.93. The van der Waals surface area contributed by atoms with Crippen LogP contribution in [0.15, 0.2) is 47.4 Å². The number of carbonyl (C=O) groups is 1. The molecule has 1 heterocycles. The molecule has 0 unspecified atom stereocenters. The van der Waals surface area contributed by atoms with E-state index in [-0.39, 0.29) is 10.8 Å². The monoisotopic (exact) mass is 374 g/mol. The number of anilines is 1. The number of ether oxygens (including phenoxy) is 1. The Morgan fingerprint density at radius 2 is 1.69 bits per heavy atom. The molecule has 1 aliphatic heterocycles. The van der Waals surface area contributed by atoms with Crippen molar-refractivity contribution in [1.82, 2.24) is 4.90 Å². The highest BCUT2D eigenvalue weighted by Gasteiger charge is 2.20. The minimum absolute atomic E-state index is 0.111. The lowest BCUT2D eigenvalue weighted by Crippen LogP contribution is -2.40. The molecule has 6 nitrogen and oxygen atoms in total. The van der Waals surface area contributed by atoms with Crippen molar-refractivity contribution in [3.63, 3.8) is 0 Å². The van der Waals surface area contributed by atoms with Crippen molar-refractivity contribution in [2.45, 2.75) is 18.7 Å². The van der Waals surface area contributed by atoms with E-state index in [9.17, 15) is 13.2 Å². The number of sulfonamides is 1. The van der Waals surface area contributed by atoms with E-state index in [1.165, 1.54) is 12.1 Å². The Bertz CT molecular complexity index is 902. The van der Waals surface area contributed by atoms with Gasteiger partial charge in [0, 0.05) is 18.7 Å². The van der Waals surface area contributed by atoms with Crippen LogP contribution < -0.4 is 4.72 Å². The lowest BCUT2D eigenvalue weighted by Gasteiger charge is -2.26. The molecule has 1 aliphatic rings. The van der Waals surface area contributed by atoms with Crippen LogP contribution in [0.4, 0.5) is 5.69 Å². The second kappa shape index (κ2) is 7.47. The molecule has 2 aromatic carbocycles. The van der Waals surface area contributed by atoms with Gasteiger partial charge in [-0.05, 0) is 55.3 Å². The zero-order valence-electron chi connectivity index (χ0n) is 14.9. The fraction of sp³-hybridized carbons (Fsp3) is 0.316. The molecule has 0 spiro atoms. The van der Waals surface area contributed by atoms with E-state index in [4.69, 9.17) is 4.74 Å². The molecule has 0 bridgehead atoms. The maximum absolute atomic E-state index is 12.6. The molecule has 0 aromatic heterocycles. The largest absolute Gasteiger partial charge is 0.378 e. The molecule has 1 N–H and O–H groups in total. The van der Waals surface area contributed by atoms with Gasteiger partial charge in [-0.25, -0.2) is 8.42 Å². The number of nitrogens with zero attached hydrogens (tertiary/aromatic N) is 1. The van der Waals surface area contributed by atoms with Gasteiger partial charge in [0.15, 0.2) is 0 Å². The van der Waals surface area contributed by atoms with Gasteiger partial charge in [0.25, 0.3) is 15.9 Å². The Hall–Kier alpha value is -2.38. The summed E-state index contributed by atoms with van der Waals surface area (Å²) >= 11 is 0. The molecule has 0 atom stereocenters. The summed E-state index contributed by atoms with van der Waals surface area (Å²) in [6, 6.07) is 11.5. The third-order valence-electron chi connectivity index (χ3n) is 4.56. The molecule has 2 aromatic rings. The van der Waals surface area contributed by atoms with Gasteiger partial charge in [-0.1, -0.05) is 12.1 Å². The first-order chi connectivity index (χ1) is 12.4. The fourth-order valence-electron chi connectivity index (χ4n) is 2.79. The summed E-state index contributed by atoms with van der Waals surface area (Å²) in [7, 11) is -3.71. The standard InChI is InChI=1S/C19H22N2O4S/c1-14-4-3-5-18(15(14)2)20-26(23,24)17-8-6-16(7-9-17)19(22)21-10-12-25-13-11-21/h3-9,20H,10-13H2,1-2H3. The SMILES string of the molecule is Cc1cccc(NS(=O)(=O)c2ccc(C(=O)N3CCOCC3)cc2)c1C. The highest BCUT2D eigenvalue weighted by Crippen LogP contribution is 2.22. The highest BCUT2D eigenvalue weighted by atomic mass is 32.2. The predicted octanol–water partition coefficient (Wildman–Crippen LogP) is 2.58. The zero-order chi connectivity index (χ0) is 18.7. The second-order valence-electron chi connectivity index (χ2n) is 6.28. The van der Waals surface area contributed by atoms with Crippen LogP contribution in [0.25, 0.3) is 0 Å². The third-order valence-corrected chi connectivity index (χ3v) is 5.94. The molecule has 7 heteroatoms. The molecular formula is C19H22N2O4S. The van der Waals surface area contributed by atoms with Crippen LogP contribution in [0.2, 0.25) is 0 Å². The van der Waals surface area contributed by atoms with Crippen LogP contribution in [-0.2, 0) is 14.8 Å². The average molecular weight is 374 g/mol. The maximum atomic E-state index is 12.6. The normalized spacial score (nSPS) is 14.9. The summed E-state index contributed by atoms with van der Waals surface area (Å²) in [5.41, 5.74) is 2.92. The molecule has 1 fully saturated rings. The van der Waals surface area contributed by atoms with Gasteiger partial charge in [-0.15, -0.1) is 0 Å². The van der Waals surface area contributed by atoms with Crippen LogP contribution in [0.5, 0.6) is 0 Å². The van der Waals surface area contributed by atoms with Gasteiger partial charge in [0.2, 0.25) is 0 Å². The smallest absolute Gasteiger partial charge is 0.261 e. The average Bonchev–Trinajstić information content (AvgIpc) is 2.65. The van der Waals surface area contributed by atoms with E-state index in [0.29, 0.717) is 37.6 Å². The van der Waals surface area contributed by atoms with Crippen molar-refractivity contribution in [1.29, 1.82) is 0 Å². The van der Waals surface area contributed by atoms with Crippen molar-refractivity contribution in [2.75, 3.05) is 31.0 Å². The summed E-state index contributed by atoms with van der Waals surface area (Å²) in [4.78, 5) is 14.3. The van der Waals surface area contributed by atoms with E-state index in [0.717, 1.165) is 11.1 Å². The van der Waals surface area contributed by atoms with E-state index in [2.05, 4.69) is 4.72 Å². The molecule has 26 heavy (non-hydrogen) atoms. The molecule has 1 saturated heterocycles. The number of carbonyl (C=O) groups excluding carboxylic acids is 1. The molecule has 0 radical (unpaired) electrons. The quantitative estimate of drug-likeness (QED) is 0.892. The number of nitrogens with one attached hydrogen (secondary N) is 1. The molecule has 0 saturated carbocycles. The number of amides is 1. The molecule has 1 amide bonds. The summed E-state index contributed by atoms with van der Waals surface area (Å²) < 4.78 is 33.1. The van der Waals surface area contributed by atoms with Gasteiger partial charge in [-0.2, -0.15) is 0 Å². The van der Waals surface area contributed by atoms with Crippen molar-refractivity contribution >= 4 is 21.6 Å². The maximum Gasteiger partial charge on any atom is 0.261 e. The fourth-order valence-corrected chi connectivity index (χ4v) is 3.91. The summed E-state index contributed by atoms with van der Waals surface area (Å²) in [6.07, 6.45) is 0. The van der Waals surface area contributed by atoms with Gasteiger partial charge in [0.1, 0.15) is 0 Å². The minimum Gasteiger partial charge on any atom is -0.378 e. The van der Waals surface area contributed by atoms with Gasteiger partial charge in [-0.3, -0.25) is 9.52 Å². The molecular weight excluding hydrogens is 352 g/mol. The van der Waals surface area contributed by atoms with Crippen LogP contribution in [0, 0.1) is 13.8 Å². The van der Waals surface area contributed by atoms with Gasteiger partial charge < -0.3 is 9.64 Å². The lowest BCUT2D eigenvalue weighted by atomic mass is 10.1. The van der Waals surface area contributed by atoms with Crippen LogP contribution in [0.1, 0.15) is 21.5 Å². The number of morpholine rings is 1. The van der Waals surface area contributed by atoms with Crippen molar-refractivity contribution in [2.24, 2.45) is 0 Å². The lowest BCUT2D eigenvalue weighted by molar-refractivity contribution is 0.0303. The Balaban J connectivity index is 1.78. The molecule has 3 rings (SSSR count). The highest BCUT2D eigenvalue weighted by molar-refractivity contribution is 7.92. The van der Waals surface area contributed by atoms with Crippen LogP contribution in [0.3, 0.4) is 0 Å². The first-order valence-electron chi connectivity index (χ1n) is 8.44. The zero-order valence-corrected chi connectivity index (χ0v) is 15.7. The van der Waals surface area contributed by atoms with E-state index < -0.39 is 10.0 Å². The van der Waals surface area contributed by atoms with Crippen molar-refractivity contribution < 1.29 is 17.9 Å². The van der Waals surface area contributed by atoms with Crippen molar-refractivity contribution in [3.05, 3.63) is 59.2 Å². The second-order valence-corrected chi connectivity index (χ2v) is 7.96. The van der Waals surface area contributed by atoms with Gasteiger partial charge in [0.05, 0.1) is 23.8 Å². The number of rotatable bonds is 4. The first kappa shape index (κ1) is 18.4. The number of hydrogen-bond acceptors (Lipinski definition) is 4. The number of hydrogen-bond donors (Lipinski definition) is 1. The Kier molecular flexibility index (Phi) is 5.29. The van der Waals surface area contributed by atoms with Crippen LogP contribution >= 0.6 is 0 Å². The predicted molar refractivity (Wildman–Crippen MR) is 99.9 cm³/mol. The Labute approximate surface area is 153 Å². The van der Waals surface area contributed by atoms with E-state index >= 15 is 0 Å². The summed E-state index contributed by atoms with van der Waals surface area (Å²) in [5.74, 6) is -0.111. The molecule has 0 aliphatic carbocycles. The topological polar surface area (TPSA) is 75.7 Å². The number of aryl methyl sites for hydroxylation is 1.